The van der Waals surface area contributed by atoms with E-state index in [0.29, 0.717) is 5.69 Å². The quantitative estimate of drug-likeness (QED) is 0.786. The second kappa shape index (κ2) is 3.74. The molecule has 0 radical (unpaired) electrons. The number of hydrogen-bond acceptors (Lipinski definition) is 6. The van der Waals surface area contributed by atoms with Gasteiger partial charge in [-0.2, -0.15) is 0 Å². The van der Waals surface area contributed by atoms with Crippen LogP contribution < -0.4 is 5.73 Å². The third kappa shape index (κ3) is 1.59. The van der Waals surface area contributed by atoms with Crippen molar-refractivity contribution in [1.29, 1.82) is 0 Å². The minimum atomic E-state index is -0.544. The van der Waals surface area contributed by atoms with Crippen LogP contribution >= 0.6 is 11.3 Å². The SMILES string of the molecule is COC(=O)c1c(-c2cccs2)noc1N. The molecular formula is C9H8N2O3S. The maximum absolute atomic E-state index is 11.4. The Labute approximate surface area is 89.4 Å². The van der Waals surface area contributed by atoms with Crippen molar-refractivity contribution in [2.45, 2.75) is 0 Å². The minimum Gasteiger partial charge on any atom is -0.465 e. The zero-order chi connectivity index (χ0) is 10.8. The molecule has 6 heteroatoms. The molecule has 0 saturated carbocycles. The Morgan fingerprint density at radius 3 is 3.07 bits per heavy atom. The van der Waals surface area contributed by atoms with Crippen molar-refractivity contribution < 1.29 is 14.1 Å². The molecule has 0 atom stereocenters. The van der Waals surface area contributed by atoms with Crippen LogP contribution in [0.1, 0.15) is 10.4 Å². The molecule has 78 valence electrons. The average Bonchev–Trinajstić information content (AvgIpc) is 2.85. The highest BCUT2D eigenvalue weighted by Gasteiger charge is 2.23. The van der Waals surface area contributed by atoms with Gasteiger partial charge in [0.15, 0.2) is 5.56 Å². The molecule has 0 bridgehead atoms. The predicted octanol–water partition coefficient (Wildman–Crippen LogP) is 1.77. The smallest absolute Gasteiger partial charge is 0.345 e. The van der Waals surface area contributed by atoms with Gasteiger partial charge in [0.25, 0.3) is 0 Å². The third-order valence-electron chi connectivity index (χ3n) is 1.86. The fourth-order valence-electron chi connectivity index (χ4n) is 1.18. The van der Waals surface area contributed by atoms with Crippen LogP contribution in [-0.4, -0.2) is 18.2 Å². The number of carbonyl (C=O) groups is 1. The highest BCUT2D eigenvalue weighted by atomic mass is 32.1. The fraction of sp³-hybridized carbons (Fsp3) is 0.111. The summed E-state index contributed by atoms with van der Waals surface area (Å²) in [4.78, 5) is 12.2. The molecule has 0 saturated heterocycles. The molecule has 2 aromatic heterocycles. The number of nitrogens with two attached hydrogens (primary N) is 1. The molecule has 2 heterocycles. The topological polar surface area (TPSA) is 78.3 Å². The van der Waals surface area contributed by atoms with Crippen molar-refractivity contribution >= 4 is 23.2 Å². The zero-order valence-corrected chi connectivity index (χ0v) is 8.71. The van der Waals surface area contributed by atoms with Gasteiger partial charge in [0, 0.05) is 0 Å². The Hall–Kier alpha value is -1.82. The second-order valence-electron chi connectivity index (χ2n) is 2.74. The monoisotopic (exact) mass is 224 g/mol. The van der Waals surface area contributed by atoms with E-state index in [2.05, 4.69) is 9.89 Å². The van der Waals surface area contributed by atoms with Crippen LogP contribution in [0.15, 0.2) is 22.0 Å². The minimum absolute atomic E-state index is 0.0229. The normalized spacial score (nSPS) is 10.2. The number of nitrogens with zero attached hydrogens (tertiary/aromatic N) is 1. The van der Waals surface area contributed by atoms with Crippen LogP contribution in [0, 0.1) is 0 Å². The summed E-state index contributed by atoms with van der Waals surface area (Å²) < 4.78 is 9.38. The summed E-state index contributed by atoms with van der Waals surface area (Å²) in [6.45, 7) is 0. The van der Waals surface area contributed by atoms with E-state index in [1.54, 1.807) is 0 Å². The van der Waals surface area contributed by atoms with Crippen LogP contribution in [0.5, 0.6) is 0 Å². The van der Waals surface area contributed by atoms with Gasteiger partial charge in [-0.3, -0.25) is 0 Å². The van der Waals surface area contributed by atoms with Crippen LogP contribution in [0.2, 0.25) is 0 Å². The van der Waals surface area contributed by atoms with Crippen molar-refractivity contribution in [2.75, 3.05) is 12.8 Å². The number of thiophene rings is 1. The number of nitrogen functional groups attached to an aromatic ring is 1. The largest absolute Gasteiger partial charge is 0.465 e. The Morgan fingerprint density at radius 2 is 2.47 bits per heavy atom. The lowest BCUT2D eigenvalue weighted by atomic mass is 10.2. The number of ether oxygens (including phenoxy) is 1. The lowest BCUT2D eigenvalue weighted by molar-refractivity contribution is 0.0602. The summed E-state index contributed by atoms with van der Waals surface area (Å²) in [5.74, 6) is -0.567. The van der Waals surface area contributed by atoms with Gasteiger partial charge in [-0.15, -0.1) is 11.3 Å². The van der Waals surface area contributed by atoms with Crippen molar-refractivity contribution in [1.82, 2.24) is 5.16 Å². The van der Waals surface area contributed by atoms with E-state index in [9.17, 15) is 4.79 Å². The van der Waals surface area contributed by atoms with Gasteiger partial charge in [0.2, 0.25) is 5.88 Å². The summed E-state index contributed by atoms with van der Waals surface area (Å²) >= 11 is 1.45. The first-order valence-electron chi connectivity index (χ1n) is 4.11. The molecule has 2 aromatic rings. The number of rotatable bonds is 2. The van der Waals surface area contributed by atoms with E-state index in [1.807, 2.05) is 17.5 Å². The van der Waals surface area contributed by atoms with Gasteiger partial charge in [0.1, 0.15) is 5.69 Å². The number of esters is 1. The fourth-order valence-corrected chi connectivity index (χ4v) is 1.90. The first-order chi connectivity index (χ1) is 7.24. The van der Waals surface area contributed by atoms with E-state index in [4.69, 9.17) is 10.3 Å². The molecule has 2 N–H and O–H groups in total. The maximum atomic E-state index is 11.4. The van der Waals surface area contributed by atoms with Crippen LogP contribution in [-0.2, 0) is 4.74 Å². The summed E-state index contributed by atoms with van der Waals surface area (Å²) in [6, 6.07) is 3.68. The number of methoxy groups -OCH3 is 1. The first kappa shape index (κ1) is 9.72. The lowest BCUT2D eigenvalue weighted by Crippen LogP contribution is -2.04. The van der Waals surface area contributed by atoms with Crippen LogP contribution in [0.3, 0.4) is 0 Å². The van der Waals surface area contributed by atoms with Gasteiger partial charge in [0.05, 0.1) is 12.0 Å². The van der Waals surface area contributed by atoms with Crippen molar-refractivity contribution in [3.63, 3.8) is 0 Å². The molecule has 0 unspecified atom stereocenters. The zero-order valence-electron chi connectivity index (χ0n) is 7.89. The van der Waals surface area contributed by atoms with Gasteiger partial charge in [-0.05, 0) is 11.4 Å². The lowest BCUT2D eigenvalue weighted by Gasteiger charge is -1.97. The van der Waals surface area contributed by atoms with Crippen LogP contribution in [0.25, 0.3) is 10.6 Å². The first-order valence-corrected chi connectivity index (χ1v) is 4.99. The standard InChI is InChI=1S/C9H8N2O3S/c1-13-9(12)6-7(11-14-8(6)10)5-3-2-4-15-5/h2-4H,10H2,1H3. The van der Waals surface area contributed by atoms with Crippen LogP contribution in [0.4, 0.5) is 5.88 Å². The molecule has 0 aliphatic heterocycles. The van der Waals surface area contributed by atoms with E-state index in [1.165, 1.54) is 18.4 Å². The molecule has 0 aliphatic carbocycles. The van der Waals surface area contributed by atoms with E-state index in [0.717, 1.165) is 4.88 Å². The number of carbonyl (C=O) groups excluding carboxylic acids is 1. The van der Waals surface area contributed by atoms with E-state index in [-0.39, 0.29) is 11.4 Å². The average molecular weight is 224 g/mol. The summed E-state index contributed by atoms with van der Waals surface area (Å²) in [5.41, 5.74) is 6.10. The summed E-state index contributed by atoms with van der Waals surface area (Å²) in [6.07, 6.45) is 0. The molecule has 0 aromatic carbocycles. The van der Waals surface area contributed by atoms with Gasteiger partial charge in [-0.1, -0.05) is 11.2 Å². The molecule has 5 nitrogen and oxygen atoms in total. The summed E-state index contributed by atoms with van der Waals surface area (Å²) in [7, 11) is 1.28. The molecule has 0 spiro atoms. The van der Waals surface area contributed by atoms with Crippen molar-refractivity contribution in [3.8, 4) is 10.6 Å². The van der Waals surface area contributed by atoms with Gasteiger partial charge in [-0.25, -0.2) is 4.79 Å². The van der Waals surface area contributed by atoms with Gasteiger partial charge < -0.3 is 15.0 Å². The molecule has 2 rings (SSSR count). The second-order valence-corrected chi connectivity index (χ2v) is 3.69. The predicted molar refractivity (Wildman–Crippen MR) is 55.6 cm³/mol. The number of hydrogen-bond donors (Lipinski definition) is 1. The maximum Gasteiger partial charge on any atom is 0.345 e. The van der Waals surface area contributed by atoms with E-state index >= 15 is 0 Å². The molecule has 0 amide bonds. The highest BCUT2D eigenvalue weighted by molar-refractivity contribution is 7.13. The molecule has 15 heavy (non-hydrogen) atoms. The Morgan fingerprint density at radius 1 is 1.67 bits per heavy atom. The third-order valence-corrected chi connectivity index (χ3v) is 2.74. The number of anilines is 1. The van der Waals surface area contributed by atoms with E-state index < -0.39 is 5.97 Å². The Bertz CT molecular complexity index is 476. The van der Waals surface area contributed by atoms with Crippen molar-refractivity contribution in [3.05, 3.63) is 23.1 Å². The highest BCUT2D eigenvalue weighted by Crippen LogP contribution is 2.30. The summed E-state index contributed by atoms with van der Waals surface area (Å²) in [5, 5.41) is 5.61. The Balaban J connectivity index is 2.54. The van der Waals surface area contributed by atoms with Crippen molar-refractivity contribution in [2.24, 2.45) is 0 Å². The Kier molecular flexibility index (Phi) is 2.42. The molecule has 0 aliphatic rings. The molecular weight excluding hydrogens is 216 g/mol. The number of aromatic nitrogens is 1. The van der Waals surface area contributed by atoms with Gasteiger partial charge >= 0.3 is 5.97 Å². The molecule has 0 fully saturated rings.